The minimum atomic E-state index is -0.450. The van der Waals surface area contributed by atoms with Crippen LogP contribution in [0.5, 0.6) is 5.75 Å². The van der Waals surface area contributed by atoms with Gasteiger partial charge in [-0.15, -0.1) is 5.10 Å². The first-order valence-electron chi connectivity index (χ1n) is 9.56. The molecule has 2 amide bonds. The van der Waals surface area contributed by atoms with Crippen molar-refractivity contribution in [2.45, 2.75) is 12.8 Å². The number of carbonyl (C=O) groups is 2. The topological polar surface area (TPSA) is 111 Å². The standard InChI is InChI=1S/C22H20N6O3/c1-14(16-3-4-18-12-20(31-2)10-7-17(18)11-16)21(29)24-25-22(30)15-5-8-19(9-6-15)28-13-23-26-27-28/h3-14H,1-2H3,(H,24,29)(H,25,30). The highest BCUT2D eigenvalue weighted by molar-refractivity contribution is 5.96. The molecule has 0 saturated carbocycles. The van der Waals surface area contributed by atoms with Crippen LogP contribution in [0.2, 0.25) is 0 Å². The van der Waals surface area contributed by atoms with Crippen molar-refractivity contribution < 1.29 is 14.3 Å². The second-order valence-corrected chi connectivity index (χ2v) is 6.94. The van der Waals surface area contributed by atoms with E-state index in [1.165, 1.54) is 11.0 Å². The molecule has 2 N–H and O–H groups in total. The van der Waals surface area contributed by atoms with E-state index < -0.39 is 11.8 Å². The summed E-state index contributed by atoms with van der Waals surface area (Å²) >= 11 is 0. The summed E-state index contributed by atoms with van der Waals surface area (Å²) in [6.45, 7) is 1.78. The number of aromatic nitrogens is 4. The van der Waals surface area contributed by atoms with Crippen molar-refractivity contribution in [3.05, 3.63) is 78.1 Å². The van der Waals surface area contributed by atoms with Gasteiger partial charge in [0, 0.05) is 5.56 Å². The highest BCUT2D eigenvalue weighted by Gasteiger charge is 2.17. The molecule has 4 rings (SSSR count). The third-order valence-corrected chi connectivity index (χ3v) is 5.01. The average molecular weight is 416 g/mol. The minimum absolute atomic E-state index is 0.313. The molecule has 9 nitrogen and oxygen atoms in total. The van der Waals surface area contributed by atoms with Gasteiger partial charge in [0.25, 0.3) is 5.91 Å². The molecule has 156 valence electrons. The number of ether oxygens (including phenoxy) is 1. The Labute approximate surface area is 178 Å². The smallest absolute Gasteiger partial charge is 0.269 e. The Morgan fingerprint density at radius 2 is 1.71 bits per heavy atom. The summed E-state index contributed by atoms with van der Waals surface area (Å²) in [5, 5.41) is 13.0. The van der Waals surface area contributed by atoms with Crippen LogP contribution < -0.4 is 15.6 Å². The van der Waals surface area contributed by atoms with E-state index in [9.17, 15) is 9.59 Å². The number of fused-ring (bicyclic) bond motifs is 1. The average Bonchev–Trinajstić information content (AvgIpc) is 3.36. The number of carbonyl (C=O) groups excluding carboxylic acids is 2. The third kappa shape index (κ3) is 4.35. The lowest BCUT2D eigenvalue weighted by Gasteiger charge is -2.14. The van der Waals surface area contributed by atoms with Crippen LogP contribution in [0.3, 0.4) is 0 Å². The van der Waals surface area contributed by atoms with E-state index in [2.05, 4.69) is 26.4 Å². The number of nitrogens with zero attached hydrogens (tertiary/aromatic N) is 4. The van der Waals surface area contributed by atoms with E-state index in [0.717, 1.165) is 22.1 Å². The summed E-state index contributed by atoms with van der Waals surface area (Å²) in [6, 6.07) is 18.2. The Hall–Kier alpha value is -4.27. The van der Waals surface area contributed by atoms with Crippen LogP contribution in [-0.2, 0) is 4.79 Å². The first kappa shape index (κ1) is 20.0. The first-order chi connectivity index (χ1) is 15.0. The number of methoxy groups -OCH3 is 1. The molecule has 0 fully saturated rings. The molecule has 0 aliphatic carbocycles. The Balaban J connectivity index is 1.38. The molecule has 3 aromatic carbocycles. The quantitative estimate of drug-likeness (QED) is 0.483. The summed E-state index contributed by atoms with van der Waals surface area (Å²) < 4.78 is 6.72. The number of hydrogen-bond acceptors (Lipinski definition) is 6. The normalized spacial score (nSPS) is 11.7. The molecule has 1 unspecified atom stereocenters. The molecule has 0 saturated heterocycles. The summed E-state index contributed by atoms with van der Waals surface area (Å²) in [7, 11) is 1.62. The van der Waals surface area contributed by atoms with Gasteiger partial charge in [0.2, 0.25) is 5.91 Å². The van der Waals surface area contributed by atoms with Crippen molar-refractivity contribution in [3.63, 3.8) is 0 Å². The Morgan fingerprint density at radius 3 is 2.42 bits per heavy atom. The van der Waals surface area contributed by atoms with Crippen molar-refractivity contribution in [2.24, 2.45) is 0 Å². The lowest BCUT2D eigenvalue weighted by atomic mass is 9.97. The van der Waals surface area contributed by atoms with Crippen molar-refractivity contribution in [3.8, 4) is 11.4 Å². The molecule has 31 heavy (non-hydrogen) atoms. The van der Waals surface area contributed by atoms with Gasteiger partial charge in [-0.3, -0.25) is 20.4 Å². The maximum Gasteiger partial charge on any atom is 0.269 e. The fourth-order valence-corrected chi connectivity index (χ4v) is 3.13. The SMILES string of the molecule is COc1ccc2cc(C(C)C(=O)NNC(=O)c3ccc(-n4cnnn4)cc3)ccc2c1. The van der Waals surface area contributed by atoms with Crippen LogP contribution in [0.25, 0.3) is 16.5 Å². The summed E-state index contributed by atoms with van der Waals surface area (Å²) in [5.74, 6) is -0.408. The van der Waals surface area contributed by atoms with Crippen LogP contribution >= 0.6 is 0 Å². The molecule has 1 heterocycles. The van der Waals surface area contributed by atoms with Gasteiger partial charge in [0.15, 0.2) is 0 Å². The Morgan fingerprint density at radius 1 is 0.968 bits per heavy atom. The monoisotopic (exact) mass is 416 g/mol. The number of amides is 2. The summed E-state index contributed by atoms with van der Waals surface area (Å²) in [6.07, 6.45) is 1.46. The predicted octanol–water partition coefficient (Wildman–Crippen LogP) is 2.39. The number of benzene rings is 3. The highest BCUT2D eigenvalue weighted by atomic mass is 16.5. The zero-order valence-electron chi connectivity index (χ0n) is 16.9. The van der Waals surface area contributed by atoms with E-state index in [0.29, 0.717) is 11.3 Å². The number of nitrogens with one attached hydrogen (secondary N) is 2. The maximum absolute atomic E-state index is 12.6. The maximum atomic E-state index is 12.6. The molecule has 4 aromatic rings. The van der Waals surface area contributed by atoms with E-state index in [1.807, 2.05) is 36.4 Å². The summed E-state index contributed by atoms with van der Waals surface area (Å²) in [5.41, 5.74) is 6.90. The Kier molecular flexibility index (Phi) is 5.57. The molecule has 0 bridgehead atoms. The largest absolute Gasteiger partial charge is 0.497 e. The van der Waals surface area contributed by atoms with Crippen LogP contribution in [-0.4, -0.2) is 39.1 Å². The highest BCUT2D eigenvalue weighted by Crippen LogP contribution is 2.25. The molecule has 0 aliphatic heterocycles. The molecule has 0 aliphatic rings. The third-order valence-electron chi connectivity index (χ3n) is 5.01. The van der Waals surface area contributed by atoms with E-state index in [4.69, 9.17) is 4.74 Å². The minimum Gasteiger partial charge on any atom is -0.497 e. The van der Waals surface area contributed by atoms with Gasteiger partial charge in [-0.05, 0) is 70.1 Å². The van der Waals surface area contributed by atoms with Gasteiger partial charge < -0.3 is 4.74 Å². The van der Waals surface area contributed by atoms with Crippen molar-refractivity contribution in [1.29, 1.82) is 0 Å². The van der Waals surface area contributed by atoms with Crippen molar-refractivity contribution in [2.75, 3.05) is 7.11 Å². The van der Waals surface area contributed by atoms with Gasteiger partial charge in [-0.25, -0.2) is 4.68 Å². The molecule has 0 spiro atoms. The van der Waals surface area contributed by atoms with Crippen LogP contribution in [0.15, 0.2) is 67.0 Å². The van der Waals surface area contributed by atoms with Gasteiger partial charge in [0.05, 0.1) is 18.7 Å². The molecular formula is C22H20N6O3. The second-order valence-electron chi connectivity index (χ2n) is 6.94. The molecular weight excluding hydrogens is 396 g/mol. The molecule has 9 heteroatoms. The summed E-state index contributed by atoms with van der Waals surface area (Å²) in [4.78, 5) is 24.9. The van der Waals surface area contributed by atoms with E-state index >= 15 is 0 Å². The lowest BCUT2D eigenvalue weighted by molar-refractivity contribution is -0.123. The number of hydrogen-bond donors (Lipinski definition) is 2. The van der Waals surface area contributed by atoms with Gasteiger partial charge in [0.1, 0.15) is 12.1 Å². The molecule has 1 aromatic heterocycles. The van der Waals surface area contributed by atoms with Crippen molar-refractivity contribution >= 4 is 22.6 Å². The first-order valence-corrected chi connectivity index (χ1v) is 9.56. The van der Waals surface area contributed by atoms with Gasteiger partial charge in [-0.1, -0.05) is 24.3 Å². The molecule has 1 atom stereocenters. The van der Waals surface area contributed by atoms with E-state index in [-0.39, 0.29) is 5.91 Å². The fourth-order valence-electron chi connectivity index (χ4n) is 3.13. The van der Waals surface area contributed by atoms with E-state index in [1.54, 1.807) is 38.3 Å². The number of tetrazole rings is 1. The second kappa shape index (κ2) is 8.62. The number of hydrazine groups is 1. The predicted molar refractivity (Wildman–Crippen MR) is 114 cm³/mol. The van der Waals surface area contributed by atoms with Crippen molar-refractivity contribution in [1.82, 2.24) is 31.1 Å². The van der Waals surface area contributed by atoms with Crippen LogP contribution in [0, 0.1) is 0 Å². The van der Waals surface area contributed by atoms with Gasteiger partial charge in [-0.2, -0.15) is 0 Å². The Bertz CT molecular complexity index is 1220. The lowest BCUT2D eigenvalue weighted by Crippen LogP contribution is -2.43. The zero-order chi connectivity index (χ0) is 21.8. The number of rotatable bonds is 5. The zero-order valence-corrected chi connectivity index (χ0v) is 16.9. The fraction of sp³-hybridized carbons (Fsp3) is 0.136. The van der Waals surface area contributed by atoms with Crippen LogP contribution in [0.4, 0.5) is 0 Å². The molecule has 0 radical (unpaired) electrons. The van der Waals surface area contributed by atoms with Crippen LogP contribution in [0.1, 0.15) is 28.8 Å². The van der Waals surface area contributed by atoms with Gasteiger partial charge >= 0.3 is 0 Å².